The van der Waals surface area contributed by atoms with Gasteiger partial charge in [-0.25, -0.2) is 23.3 Å². The molecule has 0 radical (unpaired) electrons. The van der Waals surface area contributed by atoms with Crippen molar-refractivity contribution in [3.8, 4) is 17.1 Å². The Morgan fingerprint density at radius 2 is 1.95 bits per heavy atom. The van der Waals surface area contributed by atoms with E-state index in [-0.39, 0.29) is 41.0 Å². The molecule has 1 saturated heterocycles. The third-order valence-corrected chi connectivity index (χ3v) is 5.94. The van der Waals surface area contributed by atoms with E-state index in [9.17, 15) is 36.6 Å². The van der Waals surface area contributed by atoms with Gasteiger partial charge in [-0.1, -0.05) is 0 Å². The molecule has 1 aliphatic rings. The lowest BCUT2D eigenvalue weighted by molar-refractivity contribution is -0.249. The first-order valence-electron chi connectivity index (χ1n) is 10.6. The lowest BCUT2D eigenvalue weighted by atomic mass is 10.1. The highest BCUT2D eigenvalue weighted by atomic mass is 19.4. The second kappa shape index (κ2) is 9.10. The molecule has 0 aliphatic carbocycles. The van der Waals surface area contributed by atoms with Gasteiger partial charge in [-0.3, -0.25) is 9.59 Å². The molecule has 11 nitrogen and oxygen atoms in total. The summed E-state index contributed by atoms with van der Waals surface area (Å²) in [5.74, 6) is -3.67. The van der Waals surface area contributed by atoms with Crippen LogP contribution in [0, 0.1) is 5.82 Å². The predicted molar refractivity (Wildman–Crippen MR) is 117 cm³/mol. The predicted octanol–water partition coefficient (Wildman–Crippen LogP) is 1.11. The molecule has 0 saturated carbocycles. The molecule has 0 bridgehead atoms. The number of hydrogen-bond donors (Lipinski definition) is 3. The van der Waals surface area contributed by atoms with E-state index in [1.807, 2.05) is 0 Å². The van der Waals surface area contributed by atoms with Crippen LogP contribution < -0.4 is 15.8 Å². The van der Waals surface area contributed by atoms with Crippen LogP contribution in [0.1, 0.15) is 17.3 Å². The Bertz CT molecular complexity index is 1380. The van der Waals surface area contributed by atoms with Crippen molar-refractivity contribution in [2.75, 3.05) is 25.9 Å². The zero-order chi connectivity index (χ0) is 27.3. The number of fused-ring (bicyclic) bond motifs is 1. The summed E-state index contributed by atoms with van der Waals surface area (Å²) in [4.78, 5) is 33.4. The fraction of sp³-hybridized carbons (Fsp3) is 0.381. The van der Waals surface area contributed by atoms with Gasteiger partial charge in [-0.15, -0.1) is 0 Å². The third kappa shape index (κ3) is 4.47. The number of nitrogens with one attached hydrogen (secondary N) is 1. The van der Waals surface area contributed by atoms with Crippen LogP contribution in [0.5, 0.6) is 5.88 Å². The number of pyridine rings is 1. The van der Waals surface area contributed by atoms with Crippen LogP contribution in [0.4, 0.5) is 27.8 Å². The zero-order valence-electron chi connectivity index (χ0n) is 19.3. The number of alkyl halides is 4. The quantitative estimate of drug-likeness (QED) is 0.417. The maximum atomic E-state index is 14.8. The van der Waals surface area contributed by atoms with E-state index in [2.05, 4.69) is 20.4 Å². The number of nitrogens with zero attached hydrogens (tertiary/aromatic N) is 5. The van der Waals surface area contributed by atoms with Crippen LogP contribution in [0.2, 0.25) is 0 Å². The Labute approximate surface area is 205 Å². The topological polar surface area (TPSA) is 148 Å². The van der Waals surface area contributed by atoms with Crippen LogP contribution in [0.25, 0.3) is 16.8 Å². The summed E-state index contributed by atoms with van der Waals surface area (Å²) in [6, 6.07) is 0.874. The average Bonchev–Trinajstić information content (AvgIpc) is 3.37. The number of nitrogen functional groups attached to an aromatic ring is 1. The number of ether oxygens (including phenoxy) is 1. The number of nitrogens with two attached hydrogens (primary N) is 1. The maximum absolute atomic E-state index is 14.8. The van der Waals surface area contributed by atoms with Gasteiger partial charge in [0.15, 0.2) is 11.6 Å². The summed E-state index contributed by atoms with van der Waals surface area (Å²) in [6.07, 6.45) is -4.93. The number of carbonyl (C=O) groups excluding carboxylic acids is 2. The fourth-order valence-electron chi connectivity index (χ4n) is 3.89. The van der Waals surface area contributed by atoms with E-state index in [4.69, 9.17) is 10.5 Å². The molecule has 1 unspecified atom stereocenters. The second-order valence-electron chi connectivity index (χ2n) is 8.44. The molecule has 3 aromatic heterocycles. The Morgan fingerprint density at radius 3 is 2.59 bits per heavy atom. The number of aromatic nitrogens is 4. The molecule has 198 valence electrons. The van der Waals surface area contributed by atoms with Gasteiger partial charge in [-0.2, -0.15) is 18.3 Å². The van der Waals surface area contributed by atoms with Gasteiger partial charge in [-0.05, 0) is 13.0 Å². The normalized spacial score (nSPS) is 19.6. The van der Waals surface area contributed by atoms with Crippen molar-refractivity contribution in [3.05, 3.63) is 36.0 Å². The largest absolute Gasteiger partial charge is 0.480 e. The van der Waals surface area contributed by atoms with E-state index in [1.54, 1.807) is 0 Å². The summed E-state index contributed by atoms with van der Waals surface area (Å²) in [5, 5.41) is 15.9. The molecule has 1 fully saturated rings. The van der Waals surface area contributed by atoms with E-state index >= 15 is 0 Å². The van der Waals surface area contributed by atoms with E-state index in [0.29, 0.717) is 4.90 Å². The van der Waals surface area contributed by atoms with Gasteiger partial charge >= 0.3 is 6.18 Å². The molecule has 0 aromatic carbocycles. The number of likely N-dealkylation sites (tertiary alicyclic amines) is 1. The average molecular weight is 529 g/mol. The number of anilines is 1. The Morgan fingerprint density at radius 1 is 1.24 bits per heavy atom. The number of methoxy groups -OCH3 is 1. The Hall–Kier alpha value is -4.08. The van der Waals surface area contributed by atoms with Crippen molar-refractivity contribution < 1.29 is 41.4 Å². The zero-order valence-corrected chi connectivity index (χ0v) is 19.3. The van der Waals surface area contributed by atoms with Gasteiger partial charge in [0.05, 0.1) is 19.7 Å². The first kappa shape index (κ1) is 26.0. The van der Waals surface area contributed by atoms with Gasteiger partial charge < -0.3 is 25.8 Å². The summed E-state index contributed by atoms with van der Waals surface area (Å²) >= 11 is 0. The highest BCUT2D eigenvalue weighted by Gasteiger charge is 2.58. The maximum Gasteiger partial charge on any atom is 0.426 e. The molecule has 3 aromatic rings. The number of amides is 2. The molecule has 0 spiro atoms. The summed E-state index contributed by atoms with van der Waals surface area (Å²) in [5.41, 5.74) is 1.88. The third-order valence-electron chi connectivity index (χ3n) is 5.94. The van der Waals surface area contributed by atoms with Crippen molar-refractivity contribution in [2.24, 2.45) is 0 Å². The van der Waals surface area contributed by atoms with Crippen LogP contribution in [-0.2, 0) is 4.79 Å². The Balaban J connectivity index is 1.60. The van der Waals surface area contributed by atoms with Crippen molar-refractivity contribution in [2.45, 2.75) is 30.9 Å². The summed E-state index contributed by atoms with van der Waals surface area (Å²) in [7, 11) is 1.20. The van der Waals surface area contributed by atoms with E-state index in [0.717, 1.165) is 16.9 Å². The van der Waals surface area contributed by atoms with Crippen LogP contribution >= 0.6 is 0 Å². The molecular formula is C21H20F5N7O4. The molecule has 2 amide bonds. The minimum absolute atomic E-state index is 0.00147. The molecule has 3 atom stereocenters. The fourth-order valence-corrected chi connectivity index (χ4v) is 3.89. The SMILES string of the molecule is COc1ncc(-c2c(F)cc3c(N)ncnn23)cc1C(=O)N[C@@H]1CN(C(=O)C(C)(O)C(F)(F)F)C[C@@H]1F. The van der Waals surface area contributed by atoms with Gasteiger partial charge in [0.2, 0.25) is 11.5 Å². The molecule has 37 heavy (non-hydrogen) atoms. The van der Waals surface area contributed by atoms with Gasteiger partial charge in [0, 0.05) is 24.4 Å². The summed E-state index contributed by atoms with van der Waals surface area (Å²) in [6.45, 7) is -1.16. The highest BCUT2D eigenvalue weighted by Crippen LogP contribution is 2.33. The number of halogens is 5. The molecule has 1 aliphatic heterocycles. The number of rotatable bonds is 5. The van der Waals surface area contributed by atoms with Crippen molar-refractivity contribution >= 4 is 23.1 Å². The molecule has 16 heteroatoms. The minimum atomic E-state index is -5.29. The van der Waals surface area contributed by atoms with E-state index in [1.165, 1.54) is 19.4 Å². The number of hydrogen-bond acceptors (Lipinski definition) is 8. The smallest absolute Gasteiger partial charge is 0.426 e. The number of carbonyl (C=O) groups is 2. The molecule has 4 rings (SSSR count). The van der Waals surface area contributed by atoms with Gasteiger partial charge in [0.25, 0.3) is 11.8 Å². The second-order valence-corrected chi connectivity index (χ2v) is 8.44. The van der Waals surface area contributed by atoms with Crippen molar-refractivity contribution in [3.63, 3.8) is 0 Å². The molecule has 4 heterocycles. The van der Waals surface area contributed by atoms with E-state index < -0.39 is 54.7 Å². The lowest BCUT2D eigenvalue weighted by Gasteiger charge is -2.29. The monoisotopic (exact) mass is 529 g/mol. The van der Waals surface area contributed by atoms with Crippen molar-refractivity contribution in [1.82, 2.24) is 29.8 Å². The first-order chi connectivity index (χ1) is 17.3. The molecule has 4 N–H and O–H groups in total. The van der Waals surface area contributed by atoms with Gasteiger partial charge in [0.1, 0.15) is 29.3 Å². The number of aliphatic hydroxyl groups is 1. The van der Waals surface area contributed by atoms with Crippen molar-refractivity contribution in [1.29, 1.82) is 0 Å². The van der Waals surface area contributed by atoms with Crippen LogP contribution in [0.3, 0.4) is 0 Å². The highest BCUT2D eigenvalue weighted by molar-refractivity contribution is 5.98. The standard InChI is InChI=1S/C21H20F5N7O4/c1-20(36,21(24,25)26)19(35)32-6-12(23)13(7-32)31-17(34)10-3-9(5-28-18(10)37-2)15-11(22)4-14-16(27)29-8-30-33(14)15/h3-5,8,12-13,36H,6-7H2,1-2H3,(H,31,34)(H2,27,29,30)/t12-,13+,20?/m0/s1. The Kier molecular flexibility index (Phi) is 6.39. The minimum Gasteiger partial charge on any atom is -0.480 e. The van der Waals surface area contributed by atoms with Crippen LogP contribution in [-0.4, -0.2) is 85.6 Å². The molecular weight excluding hydrogens is 509 g/mol. The van der Waals surface area contributed by atoms with Crippen LogP contribution in [0.15, 0.2) is 24.7 Å². The lowest BCUT2D eigenvalue weighted by Crippen LogP contribution is -2.56. The first-order valence-corrected chi connectivity index (χ1v) is 10.6. The summed E-state index contributed by atoms with van der Waals surface area (Å²) < 4.78 is 74.7.